The number of aryl methyl sites for hydroxylation is 1. The molecule has 0 unspecified atom stereocenters. The number of rotatable bonds is 3. The smallest absolute Gasteiger partial charge is 0.222 e. The molecule has 0 bridgehead atoms. The summed E-state index contributed by atoms with van der Waals surface area (Å²) >= 11 is 0. The molecule has 3 heterocycles. The van der Waals surface area contributed by atoms with Crippen LogP contribution in [0.5, 0.6) is 0 Å². The number of nitrogens with zero attached hydrogens (tertiary/aromatic N) is 4. The maximum atomic E-state index is 12.4. The third-order valence-corrected chi connectivity index (χ3v) is 5.46. The Morgan fingerprint density at radius 3 is 2.83 bits per heavy atom. The van der Waals surface area contributed by atoms with E-state index in [2.05, 4.69) is 15.1 Å². The molecule has 2 saturated heterocycles. The number of amides is 1. The molecule has 0 aromatic carbocycles. The fourth-order valence-electron chi connectivity index (χ4n) is 3.74. The molecule has 3 aliphatic rings. The van der Waals surface area contributed by atoms with Gasteiger partial charge >= 0.3 is 0 Å². The van der Waals surface area contributed by atoms with Crippen molar-refractivity contribution in [3.8, 4) is 0 Å². The van der Waals surface area contributed by atoms with Gasteiger partial charge in [0, 0.05) is 38.5 Å². The lowest BCUT2D eigenvalue weighted by Gasteiger charge is -2.38. The Kier molecular flexibility index (Phi) is 4.39. The predicted molar refractivity (Wildman–Crippen MR) is 90.8 cm³/mol. The van der Waals surface area contributed by atoms with Crippen LogP contribution in [0.15, 0.2) is 12.1 Å². The minimum Gasteiger partial charge on any atom is -0.374 e. The standard InChI is InChI=1S/C18H26N4O2/c1-13-2-5-17(20-19-13)21-8-9-24-16-12-22(7-6-15(16)11-21)18(23)10-14-3-4-14/h2,5,14-16H,3-4,6-12H2,1H3/t15-,16-/m1/s1. The van der Waals surface area contributed by atoms with Gasteiger partial charge in [-0.15, -0.1) is 5.10 Å². The SMILES string of the molecule is Cc1ccc(N2CCO[C@@H]3CN(C(=O)CC4CC4)CC[C@@H]3C2)nn1. The summed E-state index contributed by atoms with van der Waals surface area (Å²) in [6.07, 6.45) is 4.37. The molecule has 24 heavy (non-hydrogen) atoms. The van der Waals surface area contributed by atoms with Crippen molar-refractivity contribution >= 4 is 11.7 Å². The summed E-state index contributed by atoms with van der Waals surface area (Å²) in [5.74, 6) is 2.36. The minimum atomic E-state index is 0.158. The average Bonchev–Trinajstić information content (AvgIpc) is 3.41. The van der Waals surface area contributed by atoms with E-state index in [1.54, 1.807) is 0 Å². The molecule has 1 saturated carbocycles. The minimum absolute atomic E-state index is 0.158. The van der Waals surface area contributed by atoms with Gasteiger partial charge in [0.2, 0.25) is 5.91 Å². The quantitative estimate of drug-likeness (QED) is 0.843. The van der Waals surface area contributed by atoms with E-state index in [1.165, 1.54) is 12.8 Å². The molecule has 1 aliphatic carbocycles. The van der Waals surface area contributed by atoms with Crippen LogP contribution in [0.4, 0.5) is 5.82 Å². The molecule has 0 N–H and O–H groups in total. The van der Waals surface area contributed by atoms with Gasteiger partial charge in [-0.1, -0.05) is 0 Å². The van der Waals surface area contributed by atoms with Crippen molar-refractivity contribution in [1.29, 1.82) is 0 Å². The molecule has 6 nitrogen and oxygen atoms in total. The summed E-state index contributed by atoms with van der Waals surface area (Å²) in [5, 5.41) is 8.49. The van der Waals surface area contributed by atoms with E-state index in [0.29, 0.717) is 24.3 Å². The number of hydrogen-bond donors (Lipinski definition) is 0. The van der Waals surface area contributed by atoms with E-state index < -0.39 is 0 Å². The van der Waals surface area contributed by atoms with Crippen LogP contribution in [0.1, 0.15) is 31.4 Å². The zero-order valence-electron chi connectivity index (χ0n) is 14.4. The van der Waals surface area contributed by atoms with Crippen LogP contribution >= 0.6 is 0 Å². The van der Waals surface area contributed by atoms with E-state index in [4.69, 9.17) is 4.74 Å². The predicted octanol–water partition coefficient (Wildman–Crippen LogP) is 1.64. The molecular formula is C18H26N4O2. The van der Waals surface area contributed by atoms with Crippen LogP contribution < -0.4 is 4.90 Å². The van der Waals surface area contributed by atoms with Crippen LogP contribution in [0.3, 0.4) is 0 Å². The van der Waals surface area contributed by atoms with Gasteiger partial charge in [-0.25, -0.2) is 0 Å². The highest BCUT2D eigenvalue weighted by molar-refractivity contribution is 5.76. The number of likely N-dealkylation sites (tertiary alicyclic amines) is 1. The molecule has 0 radical (unpaired) electrons. The van der Waals surface area contributed by atoms with Crippen LogP contribution in [0.25, 0.3) is 0 Å². The topological polar surface area (TPSA) is 58.6 Å². The second-order valence-corrected chi connectivity index (χ2v) is 7.42. The molecule has 0 spiro atoms. The number of hydrogen-bond acceptors (Lipinski definition) is 5. The molecule has 1 aromatic heterocycles. The summed E-state index contributed by atoms with van der Waals surface area (Å²) in [6, 6.07) is 4.04. The number of anilines is 1. The van der Waals surface area contributed by atoms with Gasteiger partial charge in [0.15, 0.2) is 5.82 Å². The molecule has 1 aromatic rings. The normalized spacial score (nSPS) is 27.5. The van der Waals surface area contributed by atoms with Gasteiger partial charge in [0.1, 0.15) is 0 Å². The third kappa shape index (κ3) is 3.53. The van der Waals surface area contributed by atoms with Crippen molar-refractivity contribution in [2.75, 3.05) is 37.7 Å². The number of carbonyl (C=O) groups excluding carboxylic acids is 1. The van der Waals surface area contributed by atoms with Crippen molar-refractivity contribution in [2.24, 2.45) is 11.8 Å². The van der Waals surface area contributed by atoms with Gasteiger partial charge in [-0.05, 0) is 44.2 Å². The summed E-state index contributed by atoms with van der Waals surface area (Å²) in [5.41, 5.74) is 0.935. The van der Waals surface area contributed by atoms with E-state index >= 15 is 0 Å². The zero-order chi connectivity index (χ0) is 16.5. The largest absolute Gasteiger partial charge is 0.374 e. The Balaban J connectivity index is 1.38. The van der Waals surface area contributed by atoms with Gasteiger partial charge in [-0.3, -0.25) is 4.79 Å². The first-order chi connectivity index (χ1) is 11.7. The number of fused-ring (bicyclic) bond motifs is 1. The monoisotopic (exact) mass is 330 g/mol. The van der Waals surface area contributed by atoms with Crippen LogP contribution in [-0.2, 0) is 9.53 Å². The lowest BCUT2D eigenvalue weighted by molar-refractivity contribution is -0.137. The number of ether oxygens (including phenoxy) is 1. The number of piperidine rings is 1. The molecule has 1 amide bonds. The van der Waals surface area contributed by atoms with Crippen molar-refractivity contribution in [1.82, 2.24) is 15.1 Å². The molecule has 2 aliphatic heterocycles. The van der Waals surface area contributed by atoms with Crippen molar-refractivity contribution < 1.29 is 9.53 Å². The Labute approximate surface area is 143 Å². The molecule has 130 valence electrons. The van der Waals surface area contributed by atoms with E-state index in [1.807, 2.05) is 24.0 Å². The molecule has 2 atom stereocenters. The van der Waals surface area contributed by atoms with Crippen molar-refractivity contribution in [2.45, 2.75) is 38.7 Å². The Hall–Kier alpha value is -1.69. The van der Waals surface area contributed by atoms with Gasteiger partial charge < -0.3 is 14.5 Å². The lowest BCUT2D eigenvalue weighted by Crippen LogP contribution is -2.49. The van der Waals surface area contributed by atoms with E-state index in [0.717, 1.165) is 50.5 Å². The van der Waals surface area contributed by atoms with Crippen molar-refractivity contribution in [3.63, 3.8) is 0 Å². The van der Waals surface area contributed by atoms with Crippen LogP contribution in [0.2, 0.25) is 0 Å². The maximum absolute atomic E-state index is 12.4. The molecule has 4 rings (SSSR count). The number of aromatic nitrogens is 2. The first-order valence-corrected chi connectivity index (χ1v) is 9.13. The summed E-state index contributed by atoms with van der Waals surface area (Å²) in [7, 11) is 0. The first kappa shape index (κ1) is 15.8. The Morgan fingerprint density at radius 1 is 1.21 bits per heavy atom. The average molecular weight is 330 g/mol. The summed E-state index contributed by atoms with van der Waals surface area (Å²) in [4.78, 5) is 16.7. The summed E-state index contributed by atoms with van der Waals surface area (Å²) in [6.45, 7) is 6.02. The van der Waals surface area contributed by atoms with Gasteiger partial charge in [0.05, 0.1) is 18.4 Å². The lowest BCUT2D eigenvalue weighted by atomic mass is 9.93. The first-order valence-electron chi connectivity index (χ1n) is 9.13. The molecule has 3 fully saturated rings. The maximum Gasteiger partial charge on any atom is 0.222 e. The Bertz CT molecular complexity index is 587. The van der Waals surface area contributed by atoms with Gasteiger partial charge in [0.25, 0.3) is 0 Å². The fraction of sp³-hybridized carbons (Fsp3) is 0.722. The second-order valence-electron chi connectivity index (χ2n) is 7.42. The van der Waals surface area contributed by atoms with Crippen molar-refractivity contribution in [3.05, 3.63) is 17.8 Å². The third-order valence-electron chi connectivity index (χ3n) is 5.46. The summed E-state index contributed by atoms with van der Waals surface area (Å²) < 4.78 is 6.10. The number of carbonyl (C=O) groups is 1. The van der Waals surface area contributed by atoms with Crippen LogP contribution in [0, 0.1) is 18.8 Å². The zero-order valence-corrected chi connectivity index (χ0v) is 14.4. The highest BCUT2D eigenvalue weighted by atomic mass is 16.5. The van der Waals surface area contributed by atoms with E-state index in [9.17, 15) is 4.79 Å². The van der Waals surface area contributed by atoms with Crippen LogP contribution in [-0.4, -0.2) is 59.9 Å². The molecular weight excluding hydrogens is 304 g/mol. The highest BCUT2D eigenvalue weighted by Crippen LogP contribution is 2.34. The van der Waals surface area contributed by atoms with E-state index in [-0.39, 0.29) is 6.10 Å². The highest BCUT2D eigenvalue weighted by Gasteiger charge is 2.36. The molecule has 6 heteroatoms. The fourth-order valence-corrected chi connectivity index (χ4v) is 3.74. The Morgan fingerprint density at radius 2 is 2.08 bits per heavy atom. The van der Waals surface area contributed by atoms with Gasteiger partial charge in [-0.2, -0.15) is 5.10 Å². The second kappa shape index (κ2) is 6.67.